The Kier molecular flexibility index (Phi) is 1.90. The van der Waals surface area contributed by atoms with Gasteiger partial charge in [-0.3, -0.25) is 0 Å². The minimum absolute atomic E-state index is 0.635. The highest BCUT2D eigenvalue weighted by Crippen LogP contribution is 2.31. The number of hydrogen-bond acceptors (Lipinski definition) is 2. The zero-order valence-corrected chi connectivity index (χ0v) is 8.48. The van der Waals surface area contributed by atoms with E-state index in [-0.39, 0.29) is 0 Å². The molecular formula is C12H13N3. The van der Waals surface area contributed by atoms with Crippen LogP contribution in [0.1, 0.15) is 6.42 Å². The third kappa shape index (κ3) is 1.38. The van der Waals surface area contributed by atoms with Crippen molar-refractivity contribution in [3.05, 3.63) is 35.7 Å². The molecule has 3 nitrogen and oxygen atoms in total. The summed E-state index contributed by atoms with van der Waals surface area (Å²) in [7, 11) is 0. The van der Waals surface area contributed by atoms with E-state index in [2.05, 4.69) is 21.1 Å². The van der Waals surface area contributed by atoms with Crippen molar-refractivity contribution < 1.29 is 0 Å². The molecule has 76 valence electrons. The first-order valence-corrected chi connectivity index (χ1v) is 5.34. The monoisotopic (exact) mass is 199 g/mol. The fourth-order valence-corrected chi connectivity index (χ4v) is 2.62. The molecule has 2 aliphatic heterocycles. The third-order valence-electron chi connectivity index (χ3n) is 3.35. The quantitative estimate of drug-likeness (QED) is 0.696. The van der Waals surface area contributed by atoms with Gasteiger partial charge in [0.05, 0.1) is 6.57 Å². The predicted molar refractivity (Wildman–Crippen MR) is 60.2 cm³/mol. The zero-order valence-electron chi connectivity index (χ0n) is 8.48. The SMILES string of the molecule is [C-]#[N+]c1cccc(N2C[C@@H]3C[C@H]2CN3)c1. The van der Waals surface area contributed by atoms with Gasteiger partial charge in [-0.25, -0.2) is 4.85 Å². The van der Waals surface area contributed by atoms with Crippen LogP contribution < -0.4 is 10.2 Å². The number of fused-ring (bicyclic) bond motifs is 2. The fraction of sp³-hybridized carbons (Fsp3) is 0.417. The molecule has 1 aromatic carbocycles. The molecule has 0 radical (unpaired) electrons. The van der Waals surface area contributed by atoms with Gasteiger partial charge in [0.15, 0.2) is 5.69 Å². The maximum Gasteiger partial charge on any atom is 0.189 e. The summed E-state index contributed by atoms with van der Waals surface area (Å²) in [6, 6.07) is 9.23. The zero-order chi connectivity index (χ0) is 10.3. The first kappa shape index (κ1) is 8.75. The summed E-state index contributed by atoms with van der Waals surface area (Å²) in [5.74, 6) is 0. The second-order valence-corrected chi connectivity index (χ2v) is 4.28. The Labute approximate surface area is 89.5 Å². The van der Waals surface area contributed by atoms with Crippen LogP contribution in [0.2, 0.25) is 0 Å². The molecule has 1 aromatic rings. The molecule has 2 heterocycles. The molecule has 0 unspecified atom stereocenters. The van der Waals surface area contributed by atoms with Gasteiger partial charge in [-0.1, -0.05) is 12.1 Å². The molecule has 2 fully saturated rings. The number of rotatable bonds is 1. The lowest BCUT2D eigenvalue weighted by Gasteiger charge is -2.29. The summed E-state index contributed by atoms with van der Waals surface area (Å²) in [6.45, 7) is 9.19. The summed E-state index contributed by atoms with van der Waals surface area (Å²) in [4.78, 5) is 5.90. The van der Waals surface area contributed by atoms with Crippen molar-refractivity contribution in [2.24, 2.45) is 0 Å². The van der Waals surface area contributed by atoms with Gasteiger partial charge in [0.25, 0.3) is 0 Å². The fourth-order valence-electron chi connectivity index (χ4n) is 2.62. The molecule has 0 amide bonds. The van der Waals surface area contributed by atoms with E-state index < -0.39 is 0 Å². The second kappa shape index (κ2) is 3.25. The first-order valence-electron chi connectivity index (χ1n) is 5.34. The molecule has 2 bridgehead atoms. The predicted octanol–water partition coefficient (Wildman–Crippen LogP) is 1.79. The highest BCUT2D eigenvalue weighted by molar-refractivity contribution is 5.60. The maximum absolute atomic E-state index is 7.01. The van der Waals surface area contributed by atoms with Crippen molar-refractivity contribution in [3.8, 4) is 0 Å². The van der Waals surface area contributed by atoms with E-state index in [1.165, 1.54) is 12.1 Å². The molecule has 2 aliphatic rings. The maximum atomic E-state index is 7.01. The highest BCUT2D eigenvalue weighted by Gasteiger charge is 2.37. The minimum atomic E-state index is 0.635. The second-order valence-electron chi connectivity index (χ2n) is 4.28. The van der Waals surface area contributed by atoms with E-state index in [1.54, 1.807) is 0 Å². The van der Waals surface area contributed by atoms with Crippen molar-refractivity contribution in [2.75, 3.05) is 18.0 Å². The Morgan fingerprint density at radius 1 is 1.47 bits per heavy atom. The first-order chi connectivity index (χ1) is 7.36. The van der Waals surface area contributed by atoms with Gasteiger partial charge >= 0.3 is 0 Å². The molecular weight excluding hydrogens is 186 g/mol. The van der Waals surface area contributed by atoms with E-state index in [9.17, 15) is 0 Å². The van der Waals surface area contributed by atoms with Gasteiger partial charge in [0, 0.05) is 30.9 Å². The number of anilines is 1. The largest absolute Gasteiger partial charge is 0.367 e. The number of hydrogen-bond donors (Lipinski definition) is 1. The number of piperazine rings is 1. The van der Waals surface area contributed by atoms with E-state index in [0.29, 0.717) is 12.1 Å². The molecule has 0 saturated carbocycles. The molecule has 0 aromatic heterocycles. The van der Waals surface area contributed by atoms with Crippen LogP contribution in [0.15, 0.2) is 24.3 Å². The van der Waals surface area contributed by atoms with Crippen molar-refractivity contribution in [3.63, 3.8) is 0 Å². The van der Waals surface area contributed by atoms with Crippen LogP contribution in [-0.2, 0) is 0 Å². The van der Waals surface area contributed by atoms with E-state index in [1.807, 2.05) is 18.2 Å². The van der Waals surface area contributed by atoms with Gasteiger partial charge in [-0.2, -0.15) is 0 Å². The molecule has 15 heavy (non-hydrogen) atoms. The molecule has 2 atom stereocenters. The standard InChI is InChI=1S/C12H13N3/c1-13-9-3-2-4-11(5-9)15-8-10-6-12(15)7-14-10/h2-5,10,12,14H,6-8H2/t10-,12-/m0/s1. The normalized spacial score (nSPS) is 28.1. The molecule has 3 rings (SSSR count). The van der Waals surface area contributed by atoms with Crippen LogP contribution in [0.25, 0.3) is 4.85 Å². The summed E-state index contributed by atoms with van der Waals surface area (Å²) in [5.41, 5.74) is 1.95. The number of nitrogens with zero attached hydrogens (tertiary/aromatic N) is 2. The lowest BCUT2D eigenvalue weighted by Crippen LogP contribution is -2.43. The summed E-state index contributed by atoms with van der Waals surface area (Å²) < 4.78 is 0. The van der Waals surface area contributed by atoms with Crippen LogP contribution in [0.5, 0.6) is 0 Å². The molecule has 3 heteroatoms. The van der Waals surface area contributed by atoms with Crippen molar-refractivity contribution >= 4 is 11.4 Å². The molecule has 0 aliphatic carbocycles. The molecule has 1 N–H and O–H groups in total. The number of nitrogens with one attached hydrogen (secondary N) is 1. The van der Waals surface area contributed by atoms with Crippen molar-refractivity contribution in [1.29, 1.82) is 0 Å². The van der Waals surface area contributed by atoms with Crippen LogP contribution in [0, 0.1) is 6.57 Å². The molecule has 2 saturated heterocycles. The van der Waals surface area contributed by atoms with Gasteiger partial charge in [-0.15, -0.1) is 0 Å². The van der Waals surface area contributed by atoms with Gasteiger partial charge < -0.3 is 10.2 Å². The van der Waals surface area contributed by atoms with Crippen LogP contribution >= 0.6 is 0 Å². The lowest BCUT2D eigenvalue weighted by molar-refractivity contribution is 0.580. The van der Waals surface area contributed by atoms with E-state index in [0.717, 1.165) is 18.8 Å². The Balaban J connectivity index is 1.90. The van der Waals surface area contributed by atoms with Gasteiger partial charge in [0.1, 0.15) is 0 Å². The van der Waals surface area contributed by atoms with Crippen LogP contribution in [-0.4, -0.2) is 25.2 Å². The van der Waals surface area contributed by atoms with Gasteiger partial charge in [0.2, 0.25) is 0 Å². The van der Waals surface area contributed by atoms with E-state index >= 15 is 0 Å². The Morgan fingerprint density at radius 2 is 2.40 bits per heavy atom. The third-order valence-corrected chi connectivity index (χ3v) is 3.35. The topological polar surface area (TPSA) is 19.6 Å². The van der Waals surface area contributed by atoms with Crippen LogP contribution in [0.3, 0.4) is 0 Å². The summed E-state index contributed by atoms with van der Waals surface area (Å²) in [6.07, 6.45) is 1.25. The highest BCUT2D eigenvalue weighted by atomic mass is 15.3. The van der Waals surface area contributed by atoms with Crippen molar-refractivity contribution in [1.82, 2.24) is 5.32 Å². The Bertz CT molecular complexity index is 421. The lowest BCUT2D eigenvalue weighted by atomic mass is 10.2. The van der Waals surface area contributed by atoms with Crippen molar-refractivity contribution in [2.45, 2.75) is 18.5 Å². The number of benzene rings is 1. The average molecular weight is 199 g/mol. The Morgan fingerprint density at radius 3 is 3.07 bits per heavy atom. The smallest absolute Gasteiger partial charge is 0.189 e. The summed E-state index contributed by atoms with van der Waals surface area (Å²) in [5, 5.41) is 3.48. The van der Waals surface area contributed by atoms with E-state index in [4.69, 9.17) is 6.57 Å². The molecule has 0 spiro atoms. The Hall–Kier alpha value is -1.53. The minimum Gasteiger partial charge on any atom is -0.367 e. The van der Waals surface area contributed by atoms with Gasteiger partial charge in [-0.05, 0) is 18.6 Å². The average Bonchev–Trinajstić information content (AvgIpc) is 2.91. The van der Waals surface area contributed by atoms with Crippen LogP contribution in [0.4, 0.5) is 11.4 Å². The summed E-state index contributed by atoms with van der Waals surface area (Å²) >= 11 is 0.